The van der Waals surface area contributed by atoms with E-state index < -0.39 is 0 Å². The Morgan fingerprint density at radius 1 is 1.75 bits per heavy atom. The van der Waals surface area contributed by atoms with Crippen LogP contribution in [0.15, 0.2) is 11.6 Å². The number of allylic oxidation sites excluding steroid dienone is 1. The van der Waals surface area contributed by atoms with Crippen LogP contribution in [0.5, 0.6) is 0 Å². The van der Waals surface area contributed by atoms with Gasteiger partial charge in [-0.15, -0.1) is 0 Å². The number of carbonyl (C=O) groups excluding carboxylic acids is 1. The third-order valence-electron chi connectivity index (χ3n) is 2.94. The summed E-state index contributed by atoms with van der Waals surface area (Å²) in [6.07, 6.45) is 3.70. The molecule has 2 heteroatoms. The van der Waals surface area contributed by atoms with Crippen molar-refractivity contribution in [2.24, 2.45) is 5.41 Å². The second kappa shape index (κ2) is 3.30. The monoisotopic (exact) mass is 168 g/mol. The van der Waals surface area contributed by atoms with Crippen molar-refractivity contribution in [3.63, 3.8) is 0 Å². The summed E-state index contributed by atoms with van der Waals surface area (Å²) in [5.74, 6) is -0.0411. The quantitative estimate of drug-likeness (QED) is 0.467. The Bertz CT molecular complexity index is 218. The van der Waals surface area contributed by atoms with Crippen molar-refractivity contribution in [2.75, 3.05) is 6.61 Å². The van der Waals surface area contributed by atoms with Gasteiger partial charge in [-0.2, -0.15) is 0 Å². The molecule has 0 amide bonds. The summed E-state index contributed by atoms with van der Waals surface area (Å²) in [7, 11) is 0. The van der Waals surface area contributed by atoms with Gasteiger partial charge in [0.2, 0.25) is 0 Å². The lowest BCUT2D eigenvalue weighted by molar-refractivity contribution is -0.144. The zero-order valence-electron chi connectivity index (χ0n) is 8.02. The summed E-state index contributed by atoms with van der Waals surface area (Å²) in [6, 6.07) is 0. The van der Waals surface area contributed by atoms with Gasteiger partial charge in [-0.3, -0.25) is 4.79 Å². The van der Waals surface area contributed by atoms with Crippen LogP contribution in [0.25, 0.3) is 0 Å². The van der Waals surface area contributed by atoms with E-state index in [0.717, 1.165) is 18.4 Å². The van der Waals surface area contributed by atoms with E-state index in [2.05, 4.69) is 0 Å². The number of hydrogen-bond donors (Lipinski definition) is 0. The van der Waals surface area contributed by atoms with E-state index in [-0.39, 0.29) is 11.4 Å². The molecule has 0 radical (unpaired) electrons. The van der Waals surface area contributed by atoms with Crippen molar-refractivity contribution in [3.05, 3.63) is 11.6 Å². The highest BCUT2D eigenvalue weighted by molar-refractivity contribution is 5.82. The zero-order valence-corrected chi connectivity index (χ0v) is 8.02. The van der Waals surface area contributed by atoms with Crippen LogP contribution in [-0.4, -0.2) is 12.6 Å². The van der Waals surface area contributed by atoms with E-state index in [1.165, 1.54) is 0 Å². The Hall–Kier alpha value is -0.790. The molecule has 0 saturated carbocycles. The normalized spacial score (nSPS) is 30.6. The second-order valence-electron chi connectivity index (χ2n) is 3.29. The standard InChI is InChI=1S/C10H16O2/c1-4-8(3)10(5-2)6-7-12-9(10)11/h4H,5-7H2,1-3H3. The minimum atomic E-state index is -0.297. The smallest absolute Gasteiger partial charge is 0.316 e. The summed E-state index contributed by atoms with van der Waals surface area (Å²) in [4.78, 5) is 11.5. The maximum Gasteiger partial charge on any atom is 0.316 e. The molecule has 0 N–H and O–H groups in total. The van der Waals surface area contributed by atoms with Crippen molar-refractivity contribution in [1.29, 1.82) is 0 Å². The summed E-state index contributed by atoms with van der Waals surface area (Å²) in [5, 5.41) is 0. The van der Waals surface area contributed by atoms with Crippen LogP contribution in [0.4, 0.5) is 0 Å². The van der Waals surface area contributed by atoms with Crippen LogP contribution in [0.2, 0.25) is 0 Å². The van der Waals surface area contributed by atoms with Crippen LogP contribution in [0.1, 0.15) is 33.6 Å². The first-order chi connectivity index (χ1) is 5.67. The van der Waals surface area contributed by atoms with Gasteiger partial charge in [0.05, 0.1) is 12.0 Å². The van der Waals surface area contributed by atoms with Crippen molar-refractivity contribution >= 4 is 5.97 Å². The molecular weight excluding hydrogens is 152 g/mol. The molecule has 0 bridgehead atoms. The van der Waals surface area contributed by atoms with Gasteiger partial charge in [0, 0.05) is 6.42 Å². The average Bonchev–Trinajstić information content (AvgIpc) is 2.46. The fourth-order valence-corrected chi connectivity index (χ4v) is 1.79. The maximum absolute atomic E-state index is 11.5. The Kier molecular flexibility index (Phi) is 2.55. The molecule has 1 aliphatic heterocycles. The molecule has 2 nitrogen and oxygen atoms in total. The molecule has 0 spiro atoms. The van der Waals surface area contributed by atoms with Crippen LogP contribution < -0.4 is 0 Å². The summed E-state index contributed by atoms with van der Waals surface area (Å²) >= 11 is 0. The van der Waals surface area contributed by atoms with Gasteiger partial charge in [-0.1, -0.05) is 18.6 Å². The van der Waals surface area contributed by atoms with E-state index >= 15 is 0 Å². The minimum Gasteiger partial charge on any atom is -0.465 e. The Labute approximate surface area is 73.6 Å². The number of hydrogen-bond acceptors (Lipinski definition) is 2. The van der Waals surface area contributed by atoms with E-state index in [4.69, 9.17) is 4.74 Å². The van der Waals surface area contributed by atoms with Gasteiger partial charge in [0.25, 0.3) is 0 Å². The first kappa shape index (κ1) is 9.30. The highest BCUT2D eigenvalue weighted by Gasteiger charge is 2.43. The van der Waals surface area contributed by atoms with Crippen LogP contribution in [0.3, 0.4) is 0 Å². The Balaban J connectivity index is 2.96. The molecule has 12 heavy (non-hydrogen) atoms. The molecule has 1 atom stereocenters. The SMILES string of the molecule is CC=C(C)C1(CC)CCOC1=O. The first-order valence-corrected chi connectivity index (χ1v) is 4.48. The molecule has 0 aromatic carbocycles. The number of ether oxygens (including phenoxy) is 1. The van der Waals surface area contributed by atoms with Gasteiger partial charge < -0.3 is 4.74 Å². The maximum atomic E-state index is 11.5. The molecular formula is C10H16O2. The van der Waals surface area contributed by atoms with Crippen LogP contribution in [0, 0.1) is 5.41 Å². The van der Waals surface area contributed by atoms with Gasteiger partial charge in [0.15, 0.2) is 0 Å². The lowest BCUT2D eigenvalue weighted by atomic mass is 9.77. The van der Waals surface area contributed by atoms with Crippen molar-refractivity contribution < 1.29 is 9.53 Å². The van der Waals surface area contributed by atoms with Gasteiger partial charge in [-0.25, -0.2) is 0 Å². The lowest BCUT2D eigenvalue weighted by Crippen LogP contribution is -2.26. The number of carbonyl (C=O) groups is 1. The third kappa shape index (κ3) is 1.15. The highest BCUT2D eigenvalue weighted by Crippen LogP contribution is 2.40. The van der Waals surface area contributed by atoms with Gasteiger partial charge >= 0.3 is 5.97 Å². The Morgan fingerprint density at radius 2 is 2.42 bits per heavy atom. The van der Waals surface area contributed by atoms with Crippen molar-refractivity contribution in [2.45, 2.75) is 33.6 Å². The van der Waals surface area contributed by atoms with Gasteiger partial charge in [0.1, 0.15) is 0 Å². The second-order valence-corrected chi connectivity index (χ2v) is 3.29. The lowest BCUT2D eigenvalue weighted by Gasteiger charge is -2.23. The molecule has 0 aromatic rings. The predicted molar refractivity (Wildman–Crippen MR) is 47.7 cm³/mol. The van der Waals surface area contributed by atoms with Crippen LogP contribution >= 0.6 is 0 Å². The molecule has 1 fully saturated rings. The van der Waals surface area contributed by atoms with E-state index in [1.807, 2.05) is 26.8 Å². The van der Waals surface area contributed by atoms with E-state index in [9.17, 15) is 4.79 Å². The molecule has 1 heterocycles. The first-order valence-electron chi connectivity index (χ1n) is 4.48. The summed E-state index contributed by atoms with van der Waals surface area (Å²) < 4.78 is 5.00. The molecule has 1 unspecified atom stereocenters. The number of esters is 1. The van der Waals surface area contributed by atoms with E-state index in [1.54, 1.807) is 0 Å². The molecule has 0 aromatic heterocycles. The average molecular weight is 168 g/mol. The highest BCUT2D eigenvalue weighted by atomic mass is 16.5. The van der Waals surface area contributed by atoms with Crippen molar-refractivity contribution in [1.82, 2.24) is 0 Å². The molecule has 1 aliphatic rings. The zero-order chi connectivity index (χ0) is 9.19. The fraction of sp³-hybridized carbons (Fsp3) is 0.700. The summed E-state index contributed by atoms with van der Waals surface area (Å²) in [6.45, 7) is 6.60. The molecule has 68 valence electrons. The largest absolute Gasteiger partial charge is 0.465 e. The summed E-state index contributed by atoms with van der Waals surface area (Å²) in [5.41, 5.74) is 0.849. The van der Waals surface area contributed by atoms with Crippen LogP contribution in [-0.2, 0) is 9.53 Å². The number of cyclic esters (lactones) is 1. The van der Waals surface area contributed by atoms with Crippen molar-refractivity contribution in [3.8, 4) is 0 Å². The molecule has 0 aliphatic carbocycles. The topological polar surface area (TPSA) is 26.3 Å². The van der Waals surface area contributed by atoms with Gasteiger partial charge in [-0.05, 0) is 20.3 Å². The predicted octanol–water partition coefficient (Wildman–Crippen LogP) is 2.30. The number of rotatable bonds is 2. The molecule has 1 saturated heterocycles. The molecule has 1 rings (SSSR count). The minimum absolute atomic E-state index is 0.0411. The Morgan fingerprint density at radius 3 is 2.75 bits per heavy atom. The third-order valence-corrected chi connectivity index (χ3v) is 2.94. The van der Waals surface area contributed by atoms with E-state index in [0.29, 0.717) is 6.61 Å². The fourth-order valence-electron chi connectivity index (χ4n) is 1.79.